The molecule has 0 aliphatic heterocycles. The summed E-state index contributed by atoms with van der Waals surface area (Å²) in [5, 5.41) is 17.2. The maximum absolute atomic E-state index is 12.8. The van der Waals surface area contributed by atoms with E-state index in [1.54, 1.807) is 45.2 Å². The van der Waals surface area contributed by atoms with Crippen LogP contribution < -0.4 is 10.6 Å². The zero-order valence-corrected chi connectivity index (χ0v) is 23.4. The molecule has 3 aromatic rings. The van der Waals surface area contributed by atoms with Crippen molar-refractivity contribution in [2.24, 2.45) is 0 Å². The van der Waals surface area contributed by atoms with Crippen molar-refractivity contribution >= 4 is 44.6 Å². The van der Waals surface area contributed by atoms with Crippen LogP contribution in [-0.4, -0.2) is 60.1 Å². The standard InChI is InChI=1S/C27H34ClN5O4S/c1-18(2)38(35,36)25-10-5-4-9-24(25)31-26-23(28)17-29-27(32-26)30-21-12-11-20-16-22(33(37-3)13-14-34)8-6-7-19(20)15-21/h4-5,9-12,15,17-18,22,34H,6-8,13-14,16H2,1-3H3,(H2,29,30,31,32). The summed E-state index contributed by atoms with van der Waals surface area (Å²) in [6.07, 6.45) is 5.25. The Morgan fingerprint density at radius 1 is 1.18 bits per heavy atom. The number of nitrogens with one attached hydrogen (secondary N) is 2. The predicted molar refractivity (Wildman–Crippen MR) is 150 cm³/mol. The predicted octanol–water partition coefficient (Wildman–Crippen LogP) is 4.90. The quantitative estimate of drug-likeness (QED) is 0.235. The zero-order valence-electron chi connectivity index (χ0n) is 21.8. The molecule has 9 nitrogen and oxygen atoms in total. The lowest BCUT2D eigenvalue weighted by molar-refractivity contribution is -0.167. The number of benzene rings is 2. The molecule has 0 spiro atoms. The number of rotatable bonds is 10. The first-order valence-electron chi connectivity index (χ1n) is 12.7. The van der Waals surface area contributed by atoms with E-state index in [1.165, 1.54) is 17.3 Å². The summed E-state index contributed by atoms with van der Waals surface area (Å²) in [4.78, 5) is 14.5. The van der Waals surface area contributed by atoms with E-state index in [0.29, 0.717) is 24.0 Å². The molecule has 3 N–H and O–H groups in total. The summed E-state index contributed by atoms with van der Waals surface area (Å²) >= 11 is 6.37. The van der Waals surface area contributed by atoms with Gasteiger partial charge in [0, 0.05) is 18.3 Å². The Hall–Kier alpha value is -2.76. The van der Waals surface area contributed by atoms with E-state index in [9.17, 15) is 13.5 Å². The number of halogens is 1. The number of nitrogens with zero attached hydrogens (tertiary/aromatic N) is 3. The van der Waals surface area contributed by atoms with Crippen molar-refractivity contribution in [3.05, 3.63) is 64.8 Å². The topological polar surface area (TPSA) is 117 Å². The maximum Gasteiger partial charge on any atom is 0.229 e. The maximum atomic E-state index is 12.8. The Kier molecular flexibility index (Phi) is 9.22. The van der Waals surface area contributed by atoms with Crippen LogP contribution in [0, 0.1) is 0 Å². The first-order valence-corrected chi connectivity index (χ1v) is 14.6. The van der Waals surface area contributed by atoms with Gasteiger partial charge in [-0.1, -0.05) is 29.8 Å². The number of para-hydroxylation sites is 1. The second-order valence-electron chi connectivity index (χ2n) is 9.51. The fourth-order valence-corrected chi connectivity index (χ4v) is 5.97. The van der Waals surface area contributed by atoms with Crippen molar-refractivity contribution in [3.8, 4) is 0 Å². The Balaban J connectivity index is 1.54. The molecule has 38 heavy (non-hydrogen) atoms. The first-order chi connectivity index (χ1) is 18.2. The van der Waals surface area contributed by atoms with E-state index in [2.05, 4.69) is 32.7 Å². The van der Waals surface area contributed by atoms with Crippen molar-refractivity contribution in [2.75, 3.05) is 30.9 Å². The molecule has 1 aliphatic carbocycles. The SMILES string of the molecule is CON(CCO)C1CCCc2cc(Nc3ncc(Cl)c(Nc4ccccc4S(=O)(=O)C(C)C)n3)ccc2C1. The van der Waals surface area contributed by atoms with E-state index < -0.39 is 15.1 Å². The molecule has 0 fully saturated rings. The minimum absolute atomic E-state index is 0.0527. The minimum Gasteiger partial charge on any atom is -0.395 e. The van der Waals surface area contributed by atoms with Gasteiger partial charge in [0.2, 0.25) is 5.95 Å². The van der Waals surface area contributed by atoms with E-state index >= 15 is 0 Å². The van der Waals surface area contributed by atoms with Gasteiger partial charge < -0.3 is 20.6 Å². The number of hydrogen-bond acceptors (Lipinski definition) is 9. The molecule has 4 rings (SSSR count). The van der Waals surface area contributed by atoms with Crippen LogP contribution in [0.5, 0.6) is 0 Å². The van der Waals surface area contributed by atoms with Crippen LogP contribution in [0.15, 0.2) is 53.6 Å². The highest BCUT2D eigenvalue weighted by Crippen LogP contribution is 2.31. The van der Waals surface area contributed by atoms with Crippen molar-refractivity contribution < 1.29 is 18.4 Å². The summed E-state index contributed by atoms with van der Waals surface area (Å²) in [5.74, 6) is 0.637. The summed E-state index contributed by atoms with van der Waals surface area (Å²) in [7, 11) is -1.87. The Labute approximate surface area is 229 Å². The zero-order chi connectivity index (χ0) is 27.3. The third kappa shape index (κ3) is 6.44. The smallest absolute Gasteiger partial charge is 0.229 e. The average molecular weight is 560 g/mol. The van der Waals surface area contributed by atoms with Gasteiger partial charge in [0.1, 0.15) is 5.02 Å². The molecule has 1 heterocycles. The number of aromatic nitrogens is 2. The molecule has 0 saturated carbocycles. The van der Waals surface area contributed by atoms with Crippen LogP contribution in [0.3, 0.4) is 0 Å². The molecule has 1 atom stereocenters. The molecule has 2 aromatic carbocycles. The van der Waals surface area contributed by atoms with Crippen LogP contribution in [0.1, 0.15) is 37.8 Å². The van der Waals surface area contributed by atoms with Gasteiger partial charge in [-0.15, -0.1) is 0 Å². The number of sulfone groups is 1. The van der Waals surface area contributed by atoms with Crippen molar-refractivity contribution in [3.63, 3.8) is 0 Å². The molecule has 204 valence electrons. The fourth-order valence-electron chi connectivity index (χ4n) is 4.63. The van der Waals surface area contributed by atoms with Crippen LogP contribution >= 0.6 is 11.6 Å². The van der Waals surface area contributed by atoms with Crippen molar-refractivity contribution in [1.29, 1.82) is 0 Å². The first kappa shape index (κ1) is 28.3. The van der Waals surface area contributed by atoms with Gasteiger partial charge in [0.25, 0.3) is 0 Å². The second-order valence-corrected chi connectivity index (χ2v) is 12.4. The van der Waals surface area contributed by atoms with Crippen LogP contribution in [0.4, 0.5) is 23.1 Å². The molecule has 1 aliphatic rings. The average Bonchev–Trinajstić information content (AvgIpc) is 3.11. The normalized spacial score (nSPS) is 15.8. The lowest BCUT2D eigenvalue weighted by Crippen LogP contribution is -2.37. The molecule has 1 unspecified atom stereocenters. The van der Waals surface area contributed by atoms with Crippen molar-refractivity contribution in [1.82, 2.24) is 15.0 Å². The number of hydrogen-bond donors (Lipinski definition) is 3. The largest absolute Gasteiger partial charge is 0.395 e. The Bertz CT molecular complexity index is 1370. The third-order valence-corrected chi connectivity index (χ3v) is 9.16. The van der Waals surface area contributed by atoms with Crippen LogP contribution in [0.2, 0.25) is 5.02 Å². The lowest BCUT2D eigenvalue weighted by atomic mass is 10.0. The van der Waals surface area contributed by atoms with E-state index in [-0.39, 0.29) is 22.6 Å². The molecular formula is C27H34ClN5O4S. The molecule has 0 radical (unpaired) electrons. The van der Waals surface area contributed by atoms with Gasteiger partial charge in [-0.2, -0.15) is 10.0 Å². The number of anilines is 4. The molecule has 1 aromatic heterocycles. The van der Waals surface area contributed by atoms with E-state index in [4.69, 9.17) is 16.4 Å². The number of fused-ring (bicyclic) bond motifs is 1. The summed E-state index contributed by atoms with van der Waals surface area (Å²) < 4.78 is 25.7. The molecule has 0 bridgehead atoms. The van der Waals surface area contributed by atoms with Crippen LogP contribution in [0.25, 0.3) is 0 Å². The number of aryl methyl sites for hydroxylation is 1. The van der Waals surface area contributed by atoms with E-state index in [1.807, 2.05) is 11.1 Å². The summed E-state index contributed by atoms with van der Waals surface area (Å²) in [6, 6.07) is 13.1. The van der Waals surface area contributed by atoms with E-state index in [0.717, 1.165) is 31.4 Å². The highest BCUT2D eigenvalue weighted by atomic mass is 35.5. The van der Waals surface area contributed by atoms with Gasteiger partial charge in [0.15, 0.2) is 15.7 Å². The Morgan fingerprint density at radius 3 is 2.71 bits per heavy atom. The van der Waals surface area contributed by atoms with Crippen molar-refractivity contribution in [2.45, 2.75) is 55.7 Å². The van der Waals surface area contributed by atoms with Gasteiger partial charge in [-0.25, -0.2) is 13.4 Å². The van der Waals surface area contributed by atoms with Gasteiger partial charge in [-0.05, 0) is 74.9 Å². The molecule has 11 heteroatoms. The summed E-state index contributed by atoms with van der Waals surface area (Å²) in [5.41, 5.74) is 3.74. The highest BCUT2D eigenvalue weighted by Gasteiger charge is 2.24. The fraction of sp³-hybridized carbons (Fsp3) is 0.407. The molecule has 0 amide bonds. The monoisotopic (exact) mass is 559 g/mol. The van der Waals surface area contributed by atoms with Gasteiger partial charge in [0.05, 0.1) is 35.7 Å². The molecule has 0 saturated heterocycles. The second kappa shape index (κ2) is 12.4. The number of hydroxylamine groups is 2. The third-order valence-electron chi connectivity index (χ3n) is 6.67. The van der Waals surface area contributed by atoms with Gasteiger partial charge >= 0.3 is 0 Å². The minimum atomic E-state index is -3.51. The number of aliphatic hydroxyl groups excluding tert-OH is 1. The highest BCUT2D eigenvalue weighted by molar-refractivity contribution is 7.92. The number of aliphatic hydroxyl groups is 1. The molecular weight excluding hydrogens is 526 g/mol. The summed E-state index contributed by atoms with van der Waals surface area (Å²) in [6.45, 7) is 3.83. The lowest BCUT2D eigenvalue weighted by Gasteiger charge is -2.28. The van der Waals surface area contributed by atoms with Crippen LogP contribution in [-0.2, 0) is 27.5 Å². The Morgan fingerprint density at radius 2 is 1.97 bits per heavy atom. The van der Waals surface area contributed by atoms with Gasteiger partial charge in [-0.3, -0.25) is 0 Å².